The van der Waals surface area contributed by atoms with Crippen molar-refractivity contribution >= 4 is 28.4 Å². The lowest BCUT2D eigenvalue weighted by Crippen LogP contribution is -2.43. The highest BCUT2D eigenvalue weighted by atomic mass is 16.4. The Kier molecular flexibility index (Phi) is 4.83. The van der Waals surface area contributed by atoms with Crippen molar-refractivity contribution in [2.45, 2.75) is 32.2 Å². The van der Waals surface area contributed by atoms with Gasteiger partial charge < -0.3 is 10.0 Å². The summed E-state index contributed by atoms with van der Waals surface area (Å²) in [7, 11) is 0. The summed E-state index contributed by atoms with van der Waals surface area (Å²) in [6.45, 7) is 2.14. The number of nitrogens with zero attached hydrogens (tertiary/aromatic N) is 1. The molecule has 0 radical (unpaired) electrons. The number of fused-ring (bicyclic) bond motifs is 1. The Morgan fingerprint density at radius 1 is 1.16 bits per heavy atom. The molecule has 1 aliphatic heterocycles. The number of hydrogen-bond donors (Lipinski definition) is 1. The van der Waals surface area contributed by atoms with Crippen LogP contribution in [0.25, 0.3) is 10.8 Å². The largest absolute Gasteiger partial charge is 0.480 e. The molecule has 0 spiro atoms. The van der Waals surface area contributed by atoms with Crippen LogP contribution in [0.5, 0.6) is 0 Å². The van der Waals surface area contributed by atoms with Crippen LogP contribution in [0.1, 0.15) is 36.5 Å². The second-order valence-electron chi connectivity index (χ2n) is 6.58. The Bertz CT molecular complexity index is 824. The molecule has 0 saturated carbocycles. The zero-order valence-corrected chi connectivity index (χ0v) is 14.1. The summed E-state index contributed by atoms with van der Waals surface area (Å²) in [4.78, 5) is 38.0. The number of aliphatic carboxylic acids is 1. The molecule has 1 unspecified atom stereocenters. The minimum absolute atomic E-state index is 0.0790. The van der Waals surface area contributed by atoms with Crippen LogP contribution in [0.4, 0.5) is 0 Å². The molecule has 5 nitrogen and oxygen atoms in total. The van der Waals surface area contributed by atoms with Gasteiger partial charge in [-0.2, -0.15) is 0 Å². The number of carbonyl (C=O) groups is 3. The summed E-state index contributed by atoms with van der Waals surface area (Å²) < 4.78 is 0. The molecule has 25 heavy (non-hydrogen) atoms. The minimum Gasteiger partial charge on any atom is -0.480 e. The molecule has 1 saturated heterocycles. The quantitative estimate of drug-likeness (QED) is 0.849. The predicted octanol–water partition coefficient (Wildman–Crippen LogP) is 3.12. The highest BCUT2D eigenvalue weighted by Gasteiger charge is 2.36. The second kappa shape index (κ2) is 7.05. The van der Waals surface area contributed by atoms with Gasteiger partial charge >= 0.3 is 5.97 Å². The maximum Gasteiger partial charge on any atom is 0.326 e. The topological polar surface area (TPSA) is 74.7 Å². The van der Waals surface area contributed by atoms with Crippen molar-refractivity contribution in [3.63, 3.8) is 0 Å². The van der Waals surface area contributed by atoms with Gasteiger partial charge in [0.05, 0.1) is 0 Å². The first kappa shape index (κ1) is 17.1. The number of ketones is 1. The average molecular weight is 339 g/mol. The lowest BCUT2D eigenvalue weighted by Gasteiger charge is -2.24. The Hall–Kier alpha value is -2.69. The summed E-state index contributed by atoms with van der Waals surface area (Å²) in [5.41, 5.74) is 0.606. The highest BCUT2D eigenvalue weighted by Crippen LogP contribution is 2.24. The summed E-state index contributed by atoms with van der Waals surface area (Å²) >= 11 is 0. The van der Waals surface area contributed by atoms with E-state index in [1.807, 2.05) is 36.4 Å². The third-order valence-corrected chi connectivity index (χ3v) is 4.82. The van der Waals surface area contributed by atoms with E-state index in [-0.39, 0.29) is 18.1 Å². The summed E-state index contributed by atoms with van der Waals surface area (Å²) in [5.74, 6) is -1.85. The number of carboxylic acid groups (broad SMARTS) is 1. The first-order chi connectivity index (χ1) is 12.0. The van der Waals surface area contributed by atoms with E-state index in [1.54, 1.807) is 13.0 Å². The zero-order valence-electron chi connectivity index (χ0n) is 14.1. The molecule has 2 atom stereocenters. The highest BCUT2D eigenvalue weighted by molar-refractivity contribution is 6.09. The SMILES string of the molecule is CC(CC(=O)c1cccc2ccccc12)C(=O)N1CCC[C@H]1C(=O)O. The fraction of sp³-hybridized carbons (Fsp3) is 0.350. The fourth-order valence-electron chi connectivity index (χ4n) is 3.51. The Morgan fingerprint density at radius 3 is 2.64 bits per heavy atom. The number of benzene rings is 2. The summed E-state index contributed by atoms with van der Waals surface area (Å²) in [6.07, 6.45) is 1.24. The van der Waals surface area contributed by atoms with E-state index < -0.39 is 17.9 Å². The van der Waals surface area contributed by atoms with Crippen molar-refractivity contribution in [2.24, 2.45) is 5.92 Å². The normalized spacial score (nSPS) is 18.3. The molecule has 1 fully saturated rings. The molecule has 5 heteroatoms. The van der Waals surface area contributed by atoms with Crippen molar-refractivity contribution in [3.8, 4) is 0 Å². The number of amides is 1. The number of likely N-dealkylation sites (tertiary alicyclic amines) is 1. The van der Waals surface area contributed by atoms with Crippen LogP contribution in [0.15, 0.2) is 42.5 Å². The van der Waals surface area contributed by atoms with Crippen LogP contribution in [-0.2, 0) is 9.59 Å². The molecular weight excluding hydrogens is 318 g/mol. The van der Waals surface area contributed by atoms with Crippen LogP contribution >= 0.6 is 0 Å². The monoisotopic (exact) mass is 339 g/mol. The molecular formula is C20H21NO4. The van der Waals surface area contributed by atoms with Gasteiger partial charge in [-0.3, -0.25) is 9.59 Å². The Balaban J connectivity index is 1.76. The first-order valence-electron chi connectivity index (χ1n) is 8.53. The zero-order chi connectivity index (χ0) is 18.0. The Labute approximate surface area is 146 Å². The van der Waals surface area contributed by atoms with Crippen molar-refractivity contribution in [1.29, 1.82) is 0 Å². The van der Waals surface area contributed by atoms with Crippen molar-refractivity contribution in [3.05, 3.63) is 48.0 Å². The van der Waals surface area contributed by atoms with Gasteiger partial charge in [0.25, 0.3) is 0 Å². The molecule has 0 bridgehead atoms. The van der Waals surface area contributed by atoms with E-state index in [2.05, 4.69) is 0 Å². The summed E-state index contributed by atoms with van der Waals surface area (Å²) in [5, 5.41) is 11.1. The first-order valence-corrected chi connectivity index (χ1v) is 8.53. The molecule has 0 aliphatic carbocycles. The van der Waals surface area contributed by atoms with Crippen molar-refractivity contribution in [1.82, 2.24) is 4.90 Å². The van der Waals surface area contributed by atoms with Gasteiger partial charge in [-0.15, -0.1) is 0 Å². The van der Waals surface area contributed by atoms with Gasteiger partial charge in [0, 0.05) is 24.4 Å². The molecule has 1 aliphatic rings. The lowest BCUT2D eigenvalue weighted by molar-refractivity contribution is -0.149. The number of hydrogen-bond acceptors (Lipinski definition) is 3. The van der Waals surface area contributed by atoms with E-state index in [0.29, 0.717) is 24.9 Å². The molecule has 2 aromatic carbocycles. The van der Waals surface area contributed by atoms with E-state index in [0.717, 1.165) is 10.8 Å². The van der Waals surface area contributed by atoms with E-state index >= 15 is 0 Å². The molecule has 1 amide bonds. The number of carbonyl (C=O) groups excluding carboxylic acids is 2. The maximum absolute atomic E-state index is 12.7. The van der Waals surface area contributed by atoms with E-state index in [1.165, 1.54) is 4.90 Å². The fourth-order valence-corrected chi connectivity index (χ4v) is 3.51. The van der Waals surface area contributed by atoms with Gasteiger partial charge in [-0.1, -0.05) is 49.4 Å². The molecule has 2 aromatic rings. The van der Waals surface area contributed by atoms with Gasteiger partial charge in [0.15, 0.2) is 5.78 Å². The minimum atomic E-state index is -0.974. The van der Waals surface area contributed by atoms with Crippen LogP contribution in [0.3, 0.4) is 0 Å². The third-order valence-electron chi connectivity index (χ3n) is 4.82. The maximum atomic E-state index is 12.7. The Morgan fingerprint density at radius 2 is 1.88 bits per heavy atom. The van der Waals surface area contributed by atoms with Gasteiger partial charge in [-0.25, -0.2) is 4.79 Å². The number of rotatable bonds is 5. The van der Waals surface area contributed by atoms with Crippen LogP contribution in [-0.4, -0.2) is 40.3 Å². The van der Waals surface area contributed by atoms with Gasteiger partial charge in [0.2, 0.25) is 5.91 Å². The average Bonchev–Trinajstić information content (AvgIpc) is 3.10. The smallest absolute Gasteiger partial charge is 0.326 e. The van der Waals surface area contributed by atoms with Crippen molar-refractivity contribution in [2.75, 3.05) is 6.54 Å². The molecule has 3 rings (SSSR count). The van der Waals surface area contributed by atoms with Crippen LogP contribution in [0.2, 0.25) is 0 Å². The van der Waals surface area contributed by atoms with Crippen LogP contribution < -0.4 is 0 Å². The number of carboxylic acids is 1. The lowest BCUT2D eigenvalue weighted by atomic mass is 9.94. The molecule has 1 N–H and O–H groups in total. The van der Waals surface area contributed by atoms with E-state index in [4.69, 9.17) is 0 Å². The summed E-state index contributed by atoms with van der Waals surface area (Å²) in [6, 6.07) is 12.4. The number of Topliss-reactive ketones (excluding diaryl/α,β-unsaturated/α-hetero) is 1. The second-order valence-corrected chi connectivity index (χ2v) is 6.58. The molecule has 0 aromatic heterocycles. The predicted molar refractivity (Wildman–Crippen MR) is 94.4 cm³/mol. The van der Waals surface area contributed by atoms with Gasteiger partial charge in [-0.05, 0) is 23.6 Å². The van der Waals surface area contributed by atoms with Gasteiger partial charge in [0.1, 0.15) is 6.04 Å². The third kappa shape index (κ3) is 3.40. The standard InChI is InChI=1S/C20H21NO4/c1-13(19(23)21-11-5-10-17(21)20(24)25)12-18(22)16-9-4-7-14-6-2-3-8-15(14)16/h2-4,6-9,13,17H,5,10-12H2,1H3,(H,24,25)/t13?,17-/m0/s1. The molecule has 130 valence electrons. The molecule has 1 heterocycles. The van der Waals surface area contributed by atoms with Crippen LogP contribution in [0, 0.1) is 5.92 Å². The van der Waals surface area contributed by atoms with Crippen molar-refractivity contribution < 1.29 is 19.5 Å². The van der Waals surface area contributed by atoms with E-state index in [9.17, 15) is 19.5 Å².